The lowest BCUT2D eigenvalue weighted by Crippen LogP contribution is -2.50. The van der Waals surface area contributed by atoms with Crippen LogP contribution in [0.4, 0.5) is 14.5 Å². The third kappa shape index (κ3) is 6.55. The highest BCUT2D eigenvalue weighted by Crippen LogP contribution is 2.35. The Balaban J connectivity index is 1.55. The van der Waals surface area contributed by atoms with Crippen LogP contribution in [0.3, 0.4) is 0 Å². The summed E-state index contributed by atoms with van der Waals surface area (Å²) < 4.78 is 27.5. The number of aliphatic hydroxyl groups excluding tert-OH is 1. The summed E-state index contributed by atoms with van der Waals surface area (Å²) in [5, 5.41) is 16.7. The minimum atomic E-state index is -0.946. The highest BCUT2D eigenvalue weighted by Gasteiger charge is 2.39. The fourth-order valence-corrected chi connectivity index (χ4v) is 5.32. The number of aromatic nitrogens is 1. The maximum atomic E-state index is 14.0. The number of aliphatic hydroxyl groups is 1. The van der Waals surface area contributed by atoms with Crippen molar-refractivity contribution in [3.63, 3.8) is 0 Å². The van der Waals surface area contributed by atoms with Crippen LogP contribution in [0.25, 0.3) is 0 Å². The van der Waals surface area contributed by atoms with Crippen LogP contribution in [0.1, 0.15) is 64.4 Å². The number of anilines is 1. The number of nitrogens with two attached hydrogens (primary N) is 1. The number of pyridine rings is 1. The summed E-state index contributed by atoms with van der Waals surface area (Å²) in [6, 6.07) is 7.15. The van der Waals surface area contributed by atoms with E-state index < -0.39 is 23.3 Å². The Morgan fingerprint density at radius 3 is 2.37 bits per heavy atom. The standard InChI is InChI=1S/C27H38F2N4O2/c1-3-13-27(4-2,20-9-10-22(28)23(29)16-20)26(35)32-17-24(30)18-5-7-19(8-6-18)25(34)33-21-11-14-31-15-12-21/h9-12,14-16,18-19,24-25,34H,3-8,13,17,30H2,1-2H3,(H,31,33)(H,32,35). The van der Waals surface area contributed by atoms with Gasteiger partial charge in [0.15, 0.2) is 11.6 Å². The number of benzene rings is 1. The molecule has 35 heavy (non-hydrogen) atoms. The van der Waals surface area contributed by atoms with Gasteiger partial charge < -0.3 is 21.5 Å². The van der Waals surface area contributed by atoms with E-state index in [0.29, 0.717) is 24.9 Å². The minimum absolute atomic E-state index is 0.131. The average molecular weight is 489 g/mol. The van der Waals surface area contributed by atoms with Gasteiger partial charge in [-0.05, 0) is 74.3 Å². The van der Waals surface area contributed by atoms with Crippen LogP contribution in [0, 0.1) is 23.5 Å². The second kappa shape index (κ2) is 12.4. The number of carbonyl (C=O) groups excluding carboxylic acids is 1. The van der Waals surface area contributed by atoms with E-state index in [4.69, 9.17) is 5.73 Å². The van der Waals surface area contributed by atoms with Gasteiger partial charge in [-0.1, -0.05) is 26.3 Å². The molecule has 1 aromatic heterocycles. The van der Waals surface area contributed by atoms with Gasteiger partial charge in [-0.2, -0.15) is 0 Å². The lowest BCUT2D eigenvalue weighted by atomic mass is 9.73. The zero-order valence-corrected chi connectivity index (χ0v) is 20.6. The van der Waals surface area contributed by atoms with Crippen molar-refractivity contribution in [2.24, 2.45) is 17.6 Å². The molecule has 0 spiro atoms. The van der Waals surface area contributed by atoms with E-state index in [1.165, 1.54) is 6.07 Å². The molecule has 1 saturated carbocycles. The van der Waals surface area contributed by atoms with Crippen LogP contribution in [-0.2, 0) is 10.2 Å². The topological polar surface area (TPSA) is 100 Å². The summed E-state index contributed by atoms with van der Waals surface area (Å²) in [6.45, 7) is 4.18. The van der Waals surface area contributed by atoms with E-state index >= 15 is 0 Å². The normalized spacial score (nSPS) is 21.5. The van der Waals surface area contributed by atoms with Crippen molar-refractivity contribution in [2.75, 3.05) is 11.9 Å². The van der Waals surface area contributed by atoms with E-state index in [2.05, 4.69) is 15.6 Å². The van der Waals surface area contributed by atoms with Crippen LogP contribution >= 0.6 is 0 Å². The first-order chi connectivity index (χ1) is 16.8. The second-order valence-corrected chi connectivity index (χ2v) is 9.69. The van der Waals surface area contributed by atoms with Crippen LogP contribution in [-0.4, -0.2) is 34.8 Å². The number of hydrogen-bond donors (Lipinski definition) is 4. The summed E-state index contributed by atoms with van der Waals surface area (Å²) in [5.74, 6) is -1.70. The molecule has 1 amide bonds. The Morgan fingerprint density at radius 2 is 1.77 bits per heavy atom. The molecule has 1 heterocycles. The van der Waals surface area contributed by atoms with Gasteiger partial charge in [0.2, 0.25) is 5.91 Å². The van der Waals surface area contributed by atoms with Gasteiger partial charge in [0.25, 0.3) is 0 Å². The molecular formula is C27H38F2N4O2. The Morgan fingerprint density at radius 1 is 1.11 bits per heavy atom. The third-order valence-electron chi connectivity index (χ3n) is 7.55. The lowest BCUT2D eigenvalue weighted by Gasteiger charge is -2.36. The number of amides is 1. The van der Waals surface area contributed by atoms with Gasteiger partial charge in [0, 0.05) is 36.6 Å². The summed E-state index contributed by atoms with van der Waals surface area (Å²) in [6.07, 6.45) is 7.88. The summed E-state index contributed by atoms with van der Waals surface area (Å²) in [4.78, 5) is 17.3. The van der Waals surface area contributed by atoms with Crippen molar-refractivity contribution in [1.82, 2.24) is 10.3 Å². The average Bonchev–Trinajstić information content (AvgIpc) is 2.88. The molecule has 0 bridgehead atoms. The first-order valence-corrected chi connectivity index (χ1v) is 12.6. The zero-order chi connectivity index (χ0) is 25.4. The number of carbonyl (C=O) groups is 1. The van der Waals surface area contributed by atoms with E-state index in [0.717, 1.165) is 49.9 Å². The maximum absolute atomic E-state index is 14.0. The molecule has 1 aromatic carbocycles. The second-order valence-electron chi connectivity index (χ2n) is 9.69. The molecule has 1 aliphatic rings. The molecule has 1 aliphatic carbocycles. The molecular weight excluding hydrogens is 450 g/mol. The van der Waals surface area contributed by atoms with Crippen molar-refractivity contribution in [3.05, 3.63) is 59.9 Å². The molecule has 192 valence electrons. The fourth-order valence-electron chi connectivity index (χ4n) is 5.32. The van der Waals surface area contributed by atoms with Crippen molar-refractivity contribution < 1.29 is 18.7 Å². The number of rotatable bonds is 11. The van der Waals surface area contributed by atoms with E-state index in [1.54, 1.807) is 12.4 Å². The first kappa shape index (κ1) is 27.0. The van der Waals surface area contributed by atoms with Crippen LogP contribution < -0.4 is 16.4 Å². The molecule has 8 heteroatoms. The molecule has 0 radical (unpaired) electrons. The van der Waals surface area contributed by atoms with Gasteiger partial charge in [-0.3, -0.25) is 9.78 Å². The molecule has 3 atom stereocenters. The van der Waals surface area contributed by atoms with Gasteiger partial charge in [-0.15, -0.1) is 0 Å². The zero-order valence-electron chi connectivity index (χ0n) is 20.6. The van der Waals surface area contributed by atoms with Crippen LogP contribution in [0.15, 0.2) is 42.7 Å². The Hall–Kier alpha value is -2.58. The van der Waals surface area contributed by atoms with Crippen molar-refractivity contribution in [1.29, 1.82) is 0 Å². The largest absolute Gasteiger partial charge is 0.374 e. The fraction of sp³-hybridized carbons (Fsp3) is 0.556. The highest BCUT2D eigenvalue weighted by molar-refractivity contribution is 5.88. The predicted octanol–water partition coefficient (Wildman–Crippen LogP) is 4.49. The summed E-state index contributed by atoms with van der Waals surface area (Å²) in [5.41, 5.74) is 6.87. The smallest absolute Gasteiger partial charge is 0.230 e. The van der Waals surface area contributed by atoms with Gasteiger partial charge in [-0.25, -0.2) is 8.78 Å². The molecule has 2 aromatic rings. The van der Waals surface area contributed by atoms with E-state index in [1.807, 2.05) is 26.0 Å². The first-order valence-electron chi connectivity index (χ1n) is 12.6. The molecule has 3 rings (SSSR count). The summed E-state index contributed by atoms with van der Waals surface area (Å²) >= 11 is 0. The van der Waals surface area contributed by atoms with Gasteiger partial charge in [0.1, 0.15) is 6.23 Å². The van der Waals surface area contributed by atoms with Gasteiger partial charge in [0.05, 0.1) is 5.41 Å². The molecule has 0 aliphatic heterocycles. The molecule has 0 saturated heterocycles. The Kier molecular flexibility index (Phi) is 9.57. The molecule has 6 nitrogen and oxygen atoms in total. The van der Waals surface area contributed by atoms with Crippen LogP contribution in [0.5, 0.6) is 0 Å². The highest BCUT2D eigenvalue weighted by atomic mass is 19.2. The monoisotopic (exact) mass is 488 g/mol. The number of nitrogens with zero attached hydrogens (tertiary/aromatic N) is 1. The summed E-state index contributed by atoms with van der Waals surface area (Å²) in [7, 11) is 0. The Bertz CT molecular complexity index is 953. The van der Waals surface area contributed by atoms with E-state index in [-0.39, 0.29) is 23.8 Å². The number of halogens is 2. The molecule has 5 N–H and O–H groups in total. The predicted molar refractivity (Wildman–Crippen MR) is 134 cm³/mol. The number of hydrogen-bond acceptors (Lipinski definition) is 5. The van der Waals surface area contributed by atoms with E-state index in [9.17, 15) is 18.7 Å². The third-order valence-corrected chi connectivity index (χ3v) is 7.55. The number of nitrogens with one attached hydrogen (secondary N) is 2. The van der Waals surface area contributed by atoms with Crippen molar-refractivity contribution in [2.45, 2.75) is 76.5 Å². The maximum Gasteiger partial charge on any atom is 0.230 e. The Labute approximate surface area is 206 Å². The van der Waals surface area contributed by atoms with Crippen molar-refractivity contribution in [3.8, 4) is 0 Å². The lowest BCUT2D eigenvalue weighted by molar-refractivity contribution is -0.127. The minimum Gasteiger partial charge on any atom is -0.374 e. The van der Waals surface area contributed by atoms with Crippen LogP contribution in [0.2, 0.25) is 0 Å². The SMILES string of the molecule is CCCC(CC)(C(=O)NCC(N)C1CCC(C(O)Nc2ccncc2)CC1)c1ccc(F)c(F)c1. The van der Waals surface area contributed by atoms with Gasteiger partial charge >= 0.3 is 0 Å². The van der Waals surface area contributed by atoms with Crippen molar-refractivity contribution >= 4 is 11.6 Å². The molecule has 3 unspecified atom stereocenters. The molecule has 1 fully saturated rings. The quantitative estimate of drug-likeness (QED) is 0.349.